The molecule has 21 heavy (non-hydrogen) atoms. The first kappa shape index (κ1) is 18.1. The molecule has 3 N–H and O–H groups in total. The molecule has 4 nitrogen and oxygen atoms in total. The molecule has 1 atom stereocenters. The summed E-state index contributed by atoms with van der Waals surface area (Å²) in [5.41, 5.74) is 6.75. The first-order chi connectivity index (χ1) is 9.56. The van der Waals surface area contributed by atoms with Gasteiger partial charge < -0.3 is 15.5 Å². The molecule has 1 heterocycles. The van der Waals surface area contributed by atoms with E-state index < -0.39 is 0 Å². The molecule has 0 aliphatic carbocycles. The third kappa shape index (κ3) is 5.41. The lowest BCUT2D eigenvalue weighted by Gasteiger charge is -2.16. The molecule has 1 unspecified atom stereocenters. The van der Waals surface area contributed by atoms with Gasteiger partial charge in [-0.15, -0.1) is 24.0 Å². The second-order valence-electron chi connectivity index (χ2n) is 4.31. The van der Waals surface area contributed by atoms with Crippen LogP contribution < -0.4 is 11.1 Å². The number of hydrogen-bond acceptors (Lipinski definition) is 2. The van der Waals surface area contributed by atoms with Crippen LogP contribution >= 0.6 is 47.2 Å². The van der Waals surface area contributed by atoms with Gasteiger partial charge in [0.05, 0.1) is 12.3 Å². The predicted octanol–water partition coefficient (Wildman–Crippen LogP) is 4.37. The number of furan rings is 1. The monoisotopic (exact) mass is 439 g/mol. The minimum absolute atomic E-state index is 0. The van der Waals surface area contributed by atoms with Crippen LogP contribution in [0.4, 0.5) is 0 Å². The van der Waals surface area contributed by atoms with Crippen LogP contribution in [0.3, 0.4) is 0 Å². The molecule has 0 fully saturated rings. The highest BCUT2D eigenvalue weighted by molar-refractivity contribution is 14.0. The summed E-state index contributed by atoms with van der Waals surface area (Å²) in [6.45, 7) is 2.34. The lowest BCUT2D eigenvalue weighted by atomic mass is 10.1. The van der Waals surface area contributed by atoms with Crippen LogP contribution in [-0.4, -0.2) is 5.96 Å². The van der Waals surface area contributed by atoms with Gasteiger partial charge in [0.2, 0.25) is 0 Å². The lowest BCUT2D eigenvalue weighted by Crippen LogP contribution is -2.33. The van der Waals surface area contributed by atoms with Gasteiger partial charge in [0.25, 0.3) is 0 Å². The highest BCUT2D eigenvalue weighted by Crippen LogP contribution is 2.25. The Morgan fingerprint density at radius 2 is 2.14 bits per heavy atom. The number of guanidine groups is 1. The maximum absolute atomic E-state index is 6.15. The van der Waals surface area contributed by atoms with Gasteiger partial charge in [0.15, 0.2) is 5.96 Å². The van der Waals surface area contributed by atoms with Crippen molar-refractivity contribution in [2.24, 2.45) is 10.7 Å². The van der Waals surface area contributed by atoms with E-state index in [-0.39, 0.29) is 30.0 Å². The highest BCUT2D eigenvalue weighted by Gasteiger charge is 2.10. The van der Waals surface area contributed by atoms with Crippen LogP contribution in [0.25, 0.3) is 0 Å². The first-order valence-electron chi connectivity index (χ1n) is 6.10. The quantitative estimate of drug-likeness (QED) is 0.422. The summed E-state index contributed by atoms with van der Waals surface area (Å²) in [5.74, 6) is 1.09. The van der Waals surface area contributed by atoms with Crippen molar-refractivity contribution in [2.45, 2.75) is 19.5 Å². The van der Waals surface area contributed by atoms with Crippen molar-refractivity contribution in [2.75, 3.05) is 0 Å². The SMILES string of the molecule is CC(NC(N)=NCc1ccco1)c1ccc(Cl)cc1Cl.I. The van der Waals surface area contributed by atoms with Crippen molar-refractivity contribution in [1.29, 1.82) is 0 Å². The zero-order valence-electron chi connectivity index (χ0n) is 11.3. The zero-order chi connectivity index (χ0) is 14.5. The van der Waals surface area contributed by atoms with Crippen molar-refractivity contribution in [1.82, 2.24) is 5.32 Å². The topological polar surface area (TPSA) is 63.5 Å². The smallest absolute Gasteiger partial charge is 0.189 e. The number of benzene rings is 1. The van der Waals surface area contributed by atoms with Crippen molar-refractivity contribution in [3.05, 3.63) is 58.0 Å². The van der Waals surface area contributed by atoms with Crippen LogP contribution in [0.15, 0.2) is 46.0 Å². The minimum Gasteiger partial charge on any atom is -0.467 e. The first-order valence-corrected chi connectivity index (χ1v) is 6.85. The van der Waals surface area contributed by atoms with E-state index >= 15 is 0 Å². The Balaban J connectivity index is 0.00000220. The fourth-order valence-electron chi connectivity index (χ4n) is 1.76. The molecular weight excluding hydrogens is 424 g/mol. The summed E-state index contributed by atoms with van der Waals surface area (Å²) in [6.07, 6.45) is 1.60. The number of nitrogens with zero attached hydrogens (tertiary/aromatic N) is 1. The summed E-state index contributed by atoms with van der Waals surface area (Å²) < 4.78 is 5.18. The minimum atomic E-state index is -0.0693. The van der Waals surface area contributed by atoms with Gasteiger partial charge >= 0.3 is 0 Å². The fraction of sp³-hybridized carbons (Fsp3) is 0.214. The number of halogens is 3. The van der Waals surface area contributed by atoms with Gasteiger partial charge in [-0.05, 0) is 36.8 Å². The zero-order valence-corrected chi connectivity index (χ0v) is 15.2. The summed E-state index contributed by atoms with van der Waals surface area (Å²) in [5, 5.41) is 4.27. The van der Waals surface area contributed by atoms with E-state index in [4.69, 9.17) is 33.4 Å². The Morgan fingerprint density at radius 3 is 2.76 bits per heavy atom. The van der Waals surface area contributed by atoms with E-state index in [9.17, 15) is 0 Å². The average molecular weight is 440 g/mol. The second kappa shape index (κ2) is 8.51. The van der Waals surface area contributed by atoms with Crippen molar-refractivity contribution in [3.8, 4) is 0 Å². The molecule has 0 aliphatic heterocycles. The van der Waals surface area contributed by atoms with Crippen LogP contribution in [0.5, 0.6) is 0 Å². The van der Waals surface area contributed by atoms with E-state index in [0.29, 0.717) is 22.5 Å². The summed E-state index contributed by atoms with van der Waals surface area (Å²) in [7, 11) is 0. The van der Waals surface area contributed by atoms with Crippen molar-refractivity contribution >= 4 is 53.1 Å². The van der Waals surface area contributed by atoms with E-state index in [1.165, 1.54) is 0 Å². The maximum atomic E-state index is 6.15. The van der Waals surface area contributed by atoms with Crippen LogP contribution in [-0.2, 0) is 6.54 Å². The molecule has 0 radical (unpaired) electrons. The molecule has 0 bridgehead atoms. The maximum Gasteiger partial charge on any atom is 0.189 e. The van der Waals surface area contributed by atoms with Crippen LogP contribution in [0.1, 0.15) is 24.3 Å². The highest BCUT2D eigenvalue weighted by atomic mass is 127. The Kier molecular flexibility index (Phi) is 7.34. The molecular formula is C14H16Cl2IN3O. The predicted molar refractivity (Wildman–Crippen MR) is 97.5 cm³/mol. The third-order valence-electron chi connectivity index (χ3n) is 2.78. The van der Waals surface area contributed by atoms with Gasteiger partial charge in [0.1, 0.15) is 12.3 Å². The van der Waals surface area contributed by atoms with Crippen molar-refractivity contribution in [3.63, 3.8) is 0 Å². The van der Waals surface area contributed by atoms with Gasteiger partial charge in [-0.2, -0.15) is 0 Å². The van der Waals surface area contributed by atoms with Gasteiger partial charge in [-0.25, -0.2) is 4.99 Å². The third-order valence-corrected chi connectivity index (χ3v) is 3.34. The molecule has 0 aliphatic rings. The fourth-order valence-corrected chi connectivity index (χ4v) is 2.34. The standard InChI is InChI=1S/C14H15Cl2N3O.HI/c1-9(12-5-4-10(15)7-13(12)16)19-14(17)18-8-11-3-2-6-20-11;/h2-7,9H,8H2,1H3,(H3,17,18,19);1H. The number of hydrogen-bond donors (Lipinski definition) is 2. The number of nitrogens with two attached hydrogens (primary N) is 1. The molecule has 114 valence electrons. The molecule has 0 spiro atoms. The second-order valence-corrected chi connectivity index (χ2v) is 5.16. The normalized spacial score (nSPS) is 12.6. The summed E-state index contributed by atoms with van der Waals surface area (Å²) >= 11 is 12.0. The van der Waals surface area contributed by atoms with E-state index in [1.54, 1.807) is 18.4 Å². The molecule has 7 heteroatoms. The average Bonchev–Trinajstić information content (AvgIpc) is 2.89. The molecule has 2 rings (SSSR count). The number of rotatable bonds is 4. The Bertz CT molecular complexity index is 602. The van der Waals surface area contributed by atoms with E-state index in [0.717, 1.165) is 11.3 Å². The largest absolute Gasteiger partial charge is 0.467 e. The Labute approximate surface area is 150 Å². The molecule has 0 saturated heterocycles. The Morgan fingerprint density at radius 1 is 1.38 bits per heavy atom. The van der Waals surface area contributed by atoms with Crippen LogP contribution in [0, 0.1) is 0 Å². The summed E-state index contributed by atoms with van der Waals surface area (Å²) in [4.78, 5) is 4.20. The molecule has 2 aromatic rings. The summed E-state index contributed by atoms with van der Waals surface area (Å²) in [6, 6.07) is 8.94. The van der Waals surface area contributed by atoms with Gasteiger partial charge in [-0.3, -0.25) is 0 Å². The lowest BCUT2D eigenvalue weighted by molar-refractivity contribution is 0.512. The molecule has 0 saturated carbocycles. The van der Waals surface area contributed by atoms with Gasteiger partial charge in [0, 0.05) is 10.0 Å². The van der Waals surface area contributed by atoms with Crippen LogP contribution in [0.2, 0.25) is 10.0 Å². The molecule has 0 amide bonds. The Hall–Kier alpha value is -0.920. The molecule has 1 aromatic carbocycles. The molecule has 1 aromatic heterocycles. The van der Waals surface area contributed by atoms with E-state index in [2.05, 4.69) is 10.3 Å². The van der Waals surface area contributed by atoms with Crippen molar-refractivity contribution < 1.29 is 4.42 Å². The number of aliphatic imine (C=N–C) groups is 1. The van der Waals surface area contributed by atoms with Gasteiger partial charge in [-0.1, -0.05) is 29.3 Å². The van der Waals surface area contributed by atoms with E-state index in [1.807, 2.05) is 25.1 Å². The number of nitrogens with one attached hydrogen (secondary N) is 1.